The van der Waals surface area contributed by atoms with Crippen LogP contribution in [0.25, 0.3) is 0 Å². The second-order valence-corrected chi connectivity index (χ2v) is 10.1. The molecule has 1 unspecified atom stereocenters. The quantitative estimate of drug-likeness (QED) is 0.606. The van der Waals surface area contributed by atoms with Crippen LogP contribution in [0, 0.1) is 12.3 Å². The highest BCUT2D eigenvalue weighted by Crippen LogP contribution is 2.49. The Balaban J connectivity index is 1.89. The number of ether oxygens (including phenoxy) is 3. The van der Waals surface area contributed by atoms with Crippen LogP contribution in [0.15, 0.2) is 53.0 Å². The second kappa shape index (κ2) is 9.68. The molecule has 1 aliphatic heterocycles. The Hall–Kier alpha value is -3.81. The third-order valence-electron chi connectivity index (χ3n) is 6.66. The van der Waals surface area contributed by atoms with Crippen molar-refractivity contribution in [2.24, 2.45) is 5.41 Å². The average Bonchev–Trinajstić information content (AvgIpc) is 2.82. The molecule has 0 saturated heterocycles. The number of hydrogen-bond acceptors (Lipinski definition) is 7. The summed E-state index contributed by atoms with van der Waals surface area (Å²) in [5.74, 6) is 0.841. The van der Waals surface area contributed by atoms with E-state index in [1.165, 1.54) is 7.11 Å². The third kappa shape index (κ3) is 4.67. The predicted molar refractivity (Wildman–Crippen MR) is 137 cm³/mol. The molecule has 1 aromatic carbocycles. The smallest absolute Gasteiger partial charge is 0.255 e. The van der Waals surface area contributed by atoms with Crippen LogP contribution in [-0.4, -0.2) is 38.0 Å². The number of carbonyl (C=O) groups excluding carboxylic acids is 2. The number of nitrogens with one attached hydrogen (secondary N) is 2. The first-order valence-corrected chi connectivity index (χ1v) is 11.9. The highest BCUT2D eigenvalue weighted by atomic mass is 16.5. The van der Waals surface area contributed by atoms with E-state index in [9.17, 15) is 9.59 Å². The Labute approximate surface area is 211 Å². The minimum absolute atomic E-state index is 0.0127. The summed E-state index contributed by atoms with van der Waals surface area (Å²) in [4.78, 5) is 31.6. The summed E-state index contributed by atoms with van der Waals surface area (Å²) in [5.41, 5.74) is 4.07. The van der Waals surface area contributed by atoms with Crippen LogP contribution >= 0.6 is 0 Å². The monoisotopic (exact) mass is 491 g/mol. The van der Waals surface area contributed by atoms with Crippen molar-refractivity contribution in [1.82, 2.24) is 10.3 Å². The summed E-state index contributed by atoms with van der Waals surface area (Å²) in [5, 5.41) is 6.29. The largest absolute Gasteiger partial charge is 0.493 e. The van der Waals surface area contributed by atoms with Crippen LogP contribution in [0.1, 0.15) is 50.7 Å². The Bertz CT molecular complexity index is 1250. The molecule has 1 aliphatic carbocycles. The van der Waals surface area contributed by atoms with Gasteiger partial charge in [0.2, 0.25) is 5.75 Å². The first kappa shape index (κ1) is 25.3. The summed E-state index contributed by atoms with van der Waals surface area (Å²) in [7, 11) is 4.62. The summed E-state index contributed by atoms with van der Waals surface area (Å²) >= 11 is 0. The lowest BCUT2D eigenvalue weighted by atomic mass is 9.68. The van der Waals surface area contributed by atoms with Crippen molar-refractivity contribution in [2.45, 2.75) is 46.5 Å². The molecule has 8 heteroatoms. The van der Waals surface area contributed by atoms with Gasteiger partial charge in [-0.05, 0) is 55.0 Å². The molecule has 2 N–H and O–H groups in total. The minimum Gasteiger partial charge on any atom is -0.493 e. The number of rotatable bonds is 6. The Morgan fingerprint density at radius 3 is 2.28 bits per heavy atom. The number of anilines is 1. The molecule has 1 amide bonds. The van der Waals surface area contributed by atoms with Gasteiger partial charge in [0, 0.05) is 41.1 Å². The number of dihydropyridines is 1. The van der Waals surface area contributed by atoms with Crippen LogP contribution in [0.3, 0.4) is 0 Å². The molecular weight excluding hydrogens is 458 g/mol. The molecule has 2 aliphatic rings. The van der Waals surface area contributed by atoms with E-state index < -0.39 is 5.92 Å². The summed E-state index contributed by atoms with van der Waals surface area (Å²) in [6.07, 6.45) is 2.78. The molecule has 0 fully saturated rings. The van der Waals surface area contributed by atoms with E-state index in [4.69, 9.17) is 14.2 Å². The van der Waals surface area contributed by atoms with Gasteiger partial charge < -0.3 is 24.8 Å². The molecule has 1 aromatic heterocycles. The number of methoxy groups -OCH3 is 3. The highest BCUT2D eigenvalue weighted by molar-refractivity contribution is 6.09. The molecule has 190 valence electrons. The van der Waals surface area contributed by atoms with Crippen LogP contribution in [0.5, 0.6) is 17.2 Å². The van der Waals surface area contributed by atoms with E-state index >= 15 is 0 Å². The maximum absolute atomic E-state index is 13.7. The summed E-state index contributed by atoms with van der Waals surface area (Å²) < 4.78 is 16.7. The molecular formula is C28H33N3O5. The summed E-state index contributed by atoms with van der Waals surface area (Å²) in [6, 6.07) is 7.25. The fourth-order valence-corrected chi connectivity index (χ4v) is 5.06. The summed E-state index contributed by atoms with van der Waals surface area (Å²) in [6.45, 7) is 7.95. The van der Waals surface area contributed by atoms with Crippen molar-refractivity contribution in [3.8, 4) is 17.2 Å². The van der Waals surface area contributed by atoms with Gasteiger partial charge in [-0.1, -0.05) is 19.9 Å². The van der Waals surface area contributed by atoms with Gasteiger partial charge in [-0.15, -0.1) is 0 Å². The maximum atomic E-state index is 13.7. The number of allylic oxidation sites excluding steroid dienone is 3. The maximum Gasteiger partial charge on any atom is 0.255 e. The lowest BCUT2D eigenvalue weighted by molar-refractivity contribution is -0.118. The number of hydrogen-bond donors (Lipinski definition) is 2. The molecule has 2 aromatic rings. The van der Waals surface area contributed by atoms with Gasteiger partial charge in [0.05, 0.1) is 21.3 Å². The first-order chi connectivity index (χ1) is 17.1. The molecule has 36 heavy (non-hydrogen) atoms. The van der Waals surface area contributed by atoms with Crippen LogP contribution in [0.2, 0.25) is 0 Å². The highest BCUT2D eigenvalue weighted by Gasteiger charge is 2.43. The molecule has 2 heterocycles. The fourth-order valence-electron chi connectivity index (χ4n) is 5.06. The number of nitrogens with zero attached hydrogens (tertiary/aromatic N) is 1. The van der Waals surface area contributed by atoms with E-state index in [-0.39, 0.29) is 17.1 Å². The molecule has 0 saturated carbocycles. The Morgan fingerprint density at radius 1 is 1.06 bits per heavy atom. The lowest BCUT2D eigenvalue weighted by Gasteiger charge is -2.39. The second-order valence-electron chi connectivity index (χ2n) is 10.1. The van der Waals surface area contributed by atoms with Crippen LogP contribution in [0.4, 0.5) is 5.82 Å². The normalized spacial score (nSPS) is 18.9. The topological polar surface area (TPSA) is 98.8 Å². The number of ketones is 1. The Kier molecular flexibility index (Phi) is 6.80. The van der Waals surface area contributed by atoms with Gasteiger partial charge >= 0.3 is 0 Å². The molecule has 4 rings (SSSR count). The number of pyridine rings is 1. The molecule has 1 atom stereocenters. The lowest BCUT2D eigenvalue weighted by Crippen LogP contribution is -2.39. The number of Topliss-reactive ketones (excluding diaryl/α,β-unsaturated/α-hetero) is 1. The van der Waals surface area contributed by atoms with Gasteiger partial charge in [0.1, 0.15) is 5.82 Å². The number of carbonyl (C=O) groups is 2. The van der Waals surface area contributed by atoms with E-state index in [1.54, 1.807) is 38.6 Å². The zero-order chi connectivity index (χ0) is 26.2. The van der Waals surface area contributed by atoms with Crippen LogP contribution < -0.4 is 24.8 Å². The number of amides is 1. The molecule has 0 bridgehead atoms. The number of aromatic nitrogens is 1. The molecule has 0 radical (unpaired) electrons. The van der Waals surface area contributed by atoms with Gasteiger partial charge in [-0.3, -0.25) is 9.59 Å². The van der Waals surface area contributed by atoms with E-state index in [0.717, 1.165) is 11.3 Å². The van der Waals surface area contributed by atoms with Crippen molar-refractivity contribution < 1.29 is 23.8 Å². The van der Waals surface area contributed by atoms with Gasteiger partial charge in [-0.2, -0.15) is 0 Å². The van der Waals surface area contributed by atoms with Crippen molar-refractivity contribution in [1.29, 1.82) is 0 Å². The van der Waals surface area contributed by atoms with Gasteiger partial charge in [0.25, 0.3) is 5.91 Å². The minimum atomic E-state index is -0.621. The van der Waals surface area contributed by atoms with Crippen molar-refractivity contribution in [3.63, 3.8) is 0 Å². The standard InChI is InChI=1S/C28H33N3O5/c1-15-8-9-22(29-14-15)31-27(33)23-16(2)30-18-12-28(3,4)13-19(32)25(18)24(23)17-10-20(34-5)26(36-7)21(11-17)35-6/h8-11,14,24,30H,12-13H2,1-7H3,(H,29,31,33). The predicted octanol–water partition coefficient (Wildman–Crippen LogP) is 4.66. The van der Waals surface area contributed by atoms with Crippen LogP contribution in [-0.2, 0) is 9.59 Å². The Morgan fingerprint density at radius 2 is 1.72 bits per heavy atom. The van der Waals surface area contributed by atoms with E-state index in [1.807, 2.05) is 19.9 Å². The van der Waals surface area contributed by atoms with Crippen molar-refractivity contribution >= 4 is 17.5 Å². The van der Waals surface area contributed by atoms with Crippen molar-refractivity contribution in [3.05, 3.63) is 64.1 Å². The van der Waals surface area contributed by atoms with Gasteiger partial charge in [-0.25, -0.2) is 4.98 Å². The SMILES string of the molecule is COc1cc(C2C(C(=O)Nc3ccc(C)cn3)=C(C)NC3=C2C(=O)CC(C)(C)C3)cc(OC)c1OC. The molecule has 0 spiro atoms. The van der Waals surface area contributed by atoms with Gasteiger partial charge in [0.15, 0.2) is 17.3 Å². The zero-order valence-corrected chi connectivity index (χ0v) is 21.9. The molecule has 8 nitrogen and oxygen atoms in total. The third-order valence-corrected chi connectivity index (χ3v) is 6.66. The fraction of sp³-hybridized carbons (Fsp3) is 0.393. The van der Waals surface area contributed by atoms with E-state index in [0.29, 0.717) is 58.3 Å². The average molecular weight is 492 g/mol. The number of aryl methyl sites for hydroxylation is 1. The zero-order valence-electron chi connectivity index (χ0n) is 21.9. The first-order valence-electron chi connectivity index (χ1n) is 11.9. The number of benzene rings is 1. The van der Waals surface area contributed by atoms with Crippen molar-refractivity contribution in [2.75, 3.05) is 26.6 Å². The van der Waals surface area contributed by atoms with E-state index in [2.05, 4.69) is 29.5 Å².